The fraction of sp³-hybridized carbons (Fsp3) is 0.176. The molecule has 0 bridgehead atoms. The highest BCUT2D eigenvalue weighted by Gasteiger charge is 2.45. The minimum absolute atomic E-state index is 0.0325. The lowest BCUT2D eigenvalue weighted by Gasteiger charge is -2.41. The second-order valence-electron chi connectivity index (χ2n) is 5.50. The van der Waals surface area contributed by atoms with Crippen LogP contribution in [0.25, 0.3) is 0 Å². The van der Waals surface area contributed by atoms with Gasteiger partial charge in [0.2, 0.25) is 0 Å². The van der Waals surface area contributed by atoms with Crippen LogP contribution in [0, 0.1) is 11.3 Å². The summed E-state index contributed by atoms with van der Waals surface area (Å²) >= 11 is 0. The van der Waals surface area contributed by atoms with E-state index in [9.17, 15) is 9.59 Å². The summed E-state index contributed by atoms with van der Waals surface area (Å²) in [6, 6.07) is 8.78. The standard InChI is InChI=1S/C17H14N4O2/c1-17(10-15(22)20-14-8-4-5-9-21(14)17)16(23)19-13-7-3-2-6-12(13)11-18/h2-9H,10H2,1H3,(H,19,23). The Morgan fingerprint density at radius 1 is 1.39 bits per heavy atom. The van der Waals surface area contributed by atoms with Crippen LogP contribution in [-0.2, 0) is 9.59 Å². The Balaban J connectivity index is 1.93. The van der Waals surface area contributed by atoms with Gasteiger partial charge in [0, 0.05) is 6.20 Å². The second-order valence-corrected chi connectivity index (χ2v) is 5.50. The van der Waals surface area contributed by atoms with Crippen molar-refractivity contribution < 1.29 is 9.59 Å². The number of nitrogens with one attached hydrogen (secondary N) is 1. The molecule has 23 heavy (non-hydrogen) atoms. The first-order valence-corrected chi connectivity index (χ1v) is 7.11. The number of nitriles is 1. The van der Waals surface area contributed by atoms with Crippen molar-refractivity contribution in [1.29, 1.82) is 5.26 Å². The van der Waals surface area contributed by atoms with Crippen molar-refractivity contribution in [2.24, 2.45) is 4.99 Å². The first-order chi connectivity index (χ1) is 11.0. The molecule has 0 aromatic heterocycles. The molecule has 0 radical (unpaired) electrons. The van der Waals surface area contributed by atoms with Crippen molar-refractivity contribution in [3.05, 3.63) is 54.3 Å². The lowest BCUT2D eigenvalue weighted by molar-refractivity contribution is -0.130. The number of anilines is 1. The number of hydrogen-bond donors (Lipinski definition) is 1. The van der Waals surface area contributed by atoms with Crippen LogP contribution in [0.4, 0.5) is 5.69 Å². The molecule has 2 aliphatic rings. The smallest absolute Gasteiger partial charge is 0.250 e. The van der Waals surface area contributed by atoms with Gasteiger partial charge in [-0.3, -0.25) is 9.59 Å². The van der Waals surface area contributed by atoms with Crippen molar-refractivity contribution in [1.82, 2.24) is 4.90 Å². The maximum Gasteiger partial charge on any atom is 0.250 e. The molecule has 0 spiro atoms. The minimum atomic E-state index is -1.10. The Hall–Kier alpha value is -3.20. The first-order valence-electron chi connectivity index (χ1n) is 7.11. The van der Waals surface area contributed by atoms with Gasteiger partial charge in [-0.15, -0.1) is 0 Å². The van der Waals surface area contributed by atoms with Crippen molar-refractivity contribution in [2.75, 3.05) is 5.32 Å². The molecule has 114 valence electrons. The van der Waals surface area contributed by atoms with E-state index < -0.39 is 5.54 Å². The number of aliphatic imine (C=N–C) groups is 1. The molecule has 0 saturated heterocycles. The predicted octanol–water partition coefficient (Wildman–Crippen LogP) is 1.97. The average Bonchev–Trinajstić information content (AvgIpc) is 2.55. The average molecular weight is 306 g/mol. The van der Waals surface area contributed by atoms with Crippen LogP contribution < -0.4 is 5.32 Å². The molecule has 1 aromatic rings. The van der Waals surface area contributed by atoms with Crippen LogP contribution in [-0.4, -0.2) is 28.1 Å². The van der Waals surface area contributed by atoms with Gasteiger partial charge in [-0.25, -0.2) is 0 Å². The molecule has 2 heterocycles. The van der Waals surface area contributed by atoms with Crippen LogP contribution in [0.15, 0.2) is 53.7 Å². The molecule has 6 heteroatoms. The summed E-state index contributed by atoms with van der Waals surface area (Å²) < 4.78 is 0. The van der Waals surface area contributed by atoms with Crippen LogP contribution in [0.2, 0.25) is 0 Å². The van der Waals surface area contributed by atoms with Gasteiger partial charge in [0.15, 0.2) is 0 Å². The van der Waals surface area contributed by atoms with Gasteiger partial charge in [-0.2, -0.15) is 10.3 Å². The molecule has 2 aliphatic heterocycles. The summed E-state index contributed by atoms with van der Waals surface area (Å²) in [7, 11) is 0. The van der Waals surface area contributed by atoms with Crippen molar-refractivity contribution in [3.63, 3.8) is 0 Å². The zero-order valence-corrected chi connectivity index (χ0v) is 12.5. The summed E-state index contributed by atoms with van der Waals surface area (Å²) in [5.74, 6) is -0.265. The quantitative estimate of drug-likeness (QED) is 0.905. The third-order valence-electron chi connectivity index (χ3n) is 3.89. The third-order valence-corrected chi connectivity index (χ3v) is 3.89. The SMILES string of the molecule is CC1(C(=O)Nc2ccccc2C#N)CC(=O)N=C2C=CC=CN21. The number of benzene rings is 1. The first kappa shape index (κ1) is 14.7. The van der Waals surface area contributed by atoms with Crippen molar-refractivity contribution in [3.8, 4) is 6.07 Å². The number of para-hydroxylation sites is 1. The maximum atomic E-state index is 12.8. The number of nitrogens with zero attached hydrogens (tertiary/aromatic N) is 3. The number of fused-ring (bicyclic) bond motifs is 1. The molecular formula is C17H14N4O2. The Morgan fingerprint density at radius 2 is 2.17 bits per heavy atom. The highest BCUT2D eigenvalue weighted by molar-refractivity contribution is 6.12. The maximum absolute atomic E-state index is 12.8. The largest absolute Gasteiger partial charge is 0.323 e. The number of rotatable bonds is 2. The lowest BCUT2D eigenvalue weighted by atomic mass is 9.91. The monoisotopic (exact) mass is 306 g/mol. The van der Waals surface area contributed by atoms with E-state index in [4.69, 9.17) is 5.26 Å². The Bertz CT molecular complexity index is 816. The van der Waals surface area contributed by atoms with Crippen LogP contribution in [0.1, 0.15) is 18.9 Å². The summed E-state index contributed by atoms with van der Waals surface area (Å²) in [4.78, 5) is 30.4. The molecule has 0 aliphatic carbocycles. The number of amides is 2. The zero-order chi connectivity index (χ0) is 16.4. The van der Waals surface area contributed by atoms with Gasteiger partial charge >= 0.3 is 0 Å². The van der Waals surface area contributed by atoms with Gasteiger partial charge in [0.05, 0.1) is 17.7 Å². The number of carbonyl (C=O) groups is 2. The zero-order valence-electron chi connectivity index (χ0n) is 12.5. The molecule has 2 amide bonds. The van der Waals surface area contributed by atoms with E-state index in [1.807, 2.05) is 6.07 Å². The van der Waals surface area contributed by atoms with E-state index in [0.29, 0.717) is 17.1 Å². The molecule has 1 aromatic carbocycles. The molecule has 1 N–H and O–H groups in total. The third kappa shape index (κ3) is 2.53. The van der Waals surface area contributed by atoms with Gasteiger partial charge in [0.1, 0.15) is 17.4 Å². The highest BCUT2D eigenvalue weighted by atomic mass is 16.2. The minimum Gasteiger partial charge on any atom is -0.323 e. The molecule has 0 saturated carbocycles. The van der Waals surface area contributed by atoms with Crippen LogP contribution >= 0.6 is 0 Å². The molecule has 1 atom stereocenters. The molecule has 6 nitrogen and oxygen atoms in total. The fourth-order valence-electron chi connectivity index (χ4n) is 2.63. The summed E-state index contributed by atoms with van der Waals surface area (Å²) in [5.41, 5.74) is -0.304. The normalized spacial score (nSPS) is 22.2. The number of carbonyl (C=O) groups excluding carboxylic acids is 2. The molecule has 3 rings (SSSR count). The van der Waals surface area contributed by atoms with E-state index in [0.717, 1.165) is 0 Å². The van der Waals surface area contributed by atoms with E-state index in [-0.39, 0.29) is 18.2 Å². The number of allylic oxidation sites excluding steroid dienone is 2. The van der Waals surface area contributed by atoms with Crippen molar-refractivity contribution in [2.45, 2.75) is 18.9 Å². The van der Waals surface area contributed by atoms with E-state index in [1.165, 1.54) is 0 Å². The highest BCUT2D eigenvalue weighted by Crippen LogP contribution is 2.29. The van der Waals surface area contributed by atoms with Gasteiger partial charge in [-0.05, 0) is 31.2 Å². The van der Waals surface area contributed by atoms with E-state index in [1.54, 1.807) is 60.5 Å². The molecule has 1 unspecified atom stereocenters. The Kier molecular flexibility index (Phi) is 3.54. The number of hydrogen-bond acceptors (Lipinski definition) is 4. The van der Waals surface area contributed by atoms with Crippen LogP contribution in [0.5, 0.6) is 0 Å². The lowest BCUT2D eigenvalue weighted by Crippen LogP contribution is -2.58. The summed E-state index contributed by atoms with van der Waals surface area (Å²) in [6.07, 6.45) is 6.92. The number of amidine groups is 1. The van der Waals surface area contributed by atoms with Gasteiger partial charge in [0.25, 0.3) is 11.8 Å². The topological polar surface area (TPSA) is 85.6 Å². The van der Waals surface area contributed by atoms with Crippen molar-refractivity contribution >= 4 is 23.3 Å². The molecular weight excluding hydrogens is 292 g/mol. The summed E-state index contributed by atoms with van der Waals surface area (Å²) in [5, 5.41) is 11.9. The fourth-order valence-corrected chi connectivity index (χ4v) is 2.63. The summed E-state index contributed by atoms with van der Waals surface area (Å²) in [6.45, 7) is 1.69. The Morgan fingerprint density at radius 3 is 2.96 bits per heavy atom. The van der Waals surface area contributed by atoms with Gasteiger partial charge < -0.3 is 10.2 Å². The predicted molar refractivity (Wildman–Crippen MR) is 85.4 cm³/mol. The van der Waals surface area contributed by atoms with E-state index >= 15 is 0 Å². The van der Waals surface area contributed by atoms with Crippen LogP contribution in [0.3, 0.4) is 0 Å². The Labute approximate surface area is 133 Å². The second kappa shape index (κ2) is 5.54. The van der Waals surface area contributed by atoms with E-state index in [2.05, 4.69) is 10.3 Å². The van der Waals surface area contributed by atoms with Gasteiger partial charge in [-0.1, -0.05) is 18.2 Å². The molecule has 0 fully saturated rings.